The SMILES string of the molecule is CC1CCCC(C(=O)N/N=C/C2CCC(C#N)CC2)C1. The third-order valence-electron chi connectivity index (χ3n) is 4.72. The average Bonchev–Trinajstić information content (AvgIpc) is 2.48. The van der Waals surface area contributed by atoms with Crippen LogP contribution in [0.25, 0.3) is 0 Å². The van der Waals surface area contributed by atoms with Gasteiger partial charge in [-0.3, -0.25) is 4.79 Å². The second kappa shape index (κ2) is 7.42. The Morgan fingerprint density at radius 1 is 1.25 bits per heavy atom. The summed E-state index contributed by atoms with van der Waals surface area (Å²) in [5, 5.41) is 13.0. The minimum Gasteiger partial charge on any atom is -0.273 e. The molecule has 2 aliphatic rings. The Balaban J connectivity index is 1.70. The van der Waals surface area contributed by atoms with E-state index in [2.05, 4.69) is 23.5 Å². The van der Waals surface area contributed by atoms with Crippen molar-refractivity contribution in [1.82, 2.24) is 5.43 Å². The van der Waals surface area contributed by atoms with Crippen molar-refractivity contribution in [2.45, 2.75) is 58.3 Å². The molecule has 0 aliphatic heterocycles. The lowest BCUT2D eigenvalue weighted by Gasteiger charge is -2.25. The minimum absolute atomic E-state index is 0.0820. The Bertz CT molecular complexity index is 391. The van der Waals surface area contributed by atoms with Gasteiger partial charge in [0.1, 0.15) is 0 Å². The fourth-order valence-corrected chi connectivity index (χ4v) is 3.37. The van der Waals surface area contributed by atoms with E-state index in [4.69, 9.17) is 5.26 Å². The van der Waals surface area contributed by atoms with Crippen molar-refractivity contribution < 1.29 is 4.79 Å². The highest BCUT2D eigenvalue weighted by atomic mass is 16.2. The minimum atomic E-state index is 0.0820. The van der Waals surface area contributed by atoms with Crippen LogP contribution in [0.5, 0.6) is 0 Å². The van der Waals surface area contributed by atoms with Crippen LogP contribution in [0.4, 0.5) is 0 Å². The van der Waals surface area contributed by atoms with Crippen LogP contribution in [0.3, 0.4) is 0 Å². The van der Waals surface area contributed by atoms with Crippen molar-refractivity contribution in [1.29, 1.82) is 5.26 Å². The molecule has 2 aliphatic carbocycles. The third kappa shape index (κ3) is 4.33. The van der Waals surface area contributed by atoms with E-state index in [9.17, 15) is 4.79 Å². The predicted octanol–water partition coefficient (Wildman–Crippen LogP) is 3.24. The molecule has 4 heteroatoms. The summed E-state index contributed by atoms with van der Waals surface area (Å²) in [6.07, 6.45) is 10.2. The average molecular weight is 275 g/mol. The highest BCUT2D eigenvalue weighted by Crippen LogP contribution is 2.29. The van der Waals surface area contributed by atoms with Gasteiger partial charge in [-0.15, -0.1) is 0 Å². The molecule has 0 radical (unpaired) electrons. The maximum Gasteiger partial charge on any atom is 0.243 e. The van der Waals surface area contributed by atoms with E-state index < -0.39 is 0 Å². The lowest BCUT2D eigenvalue weighted by atomic mass is 9.82. The molecule has 1 amide bonds. The molecule has 2 unspecified atom stereocenters. The molecule has 0 spiro atoms. The maximum atomic E-state index is 12.0. The molecule has 1 N–H and O–H groups in total. The zero-order chi connectivity index (χ0) is 14.4. The first-order valence-electron chi connectivity index (χ1n) is 7.91. The van der Waals surface area contributed by atoms with E-state index in [1.807, 2.05) is 6.21 Å². The van der Waals surface area contributed by atoms with E-state index in [-0.39, 0.29) is 17.7 Å². The number of carbonyl (C=O) groups is 1. The Hall–Kier alpha value is -1.37. The van der Waals surface area contributed by atoms with E-state index in [0.29, 0.717) is 11.8 Å². The van der Waals surface area contributed by atoms with E-state index in [1.54, 1.807) is 0 Å². The first-order valence-corrected chi connectivity index (χ1v) is 7.91. The van der Waals surface area contributed by atoms with Crippen LogP contribution in [0.1, 0.15) is 58.3 Å². The predicted molar refractivity (Wildman–Crippen MR) is 78.8 cm³/mol. The Morgan fingerprint density at radius 3 is 2.65 bits per heavy atom. The van der Waals surface area contributed by atoms with Crippen LogP contribution in [-0.2, 0) is 4.79 Å². The Labute approximate surface area is 121 Å². The third-order valence-corrected chi connectivity index (χ3v) is 4.72. The molecule has 0 aromatic rings. The second-order valence-electron chi connectivity index (χ2n) is 6.46. The molecular formula is C16H25N3O. The molecule has 0 heterocycles. The number of hydrazone groups is 1. The van der Waals surface area contributed by atoms with Gasteiger partial charge in [0.05, 0.1) is 6.07 Å². The summed E-state index contributed by atoms with van der Waals surface area (Å²) in [6.45, 7) is 2.22. The quantitative estimate of drug-likeness (QED) is 0.634. The Morgan fingerprint density at radius 2 is 2.00 bits per heavy atom. The van der Waals surface area contributed by atoms with Gasteiger partial charge in [-0.25, -0.2) is 5.43 Å². The zero-order valence-electron chi connectivity index (χ0n) is 12.3. The molecule has 2 saturated carbocycles. The highest BCUT2D eigenvalue weighted by molar-refractivity contribution is 5.79. The summed E-state index contributed by atoms with van der Waals surface area (Å²) in [5.41, 5.74) is 2.71. The fourth-order valence-electron chi connectivity index (χ4n) is 3.37. The van der Waals surface area contributed by atoms with Gasteiger partial charge >= 0.3 is 0 Å². The number of nitrogens with zero attached hydrogens (tertiary/aromatic N) is 2. The largest absolute Gasteiger partial charge is 0.273 e. The summed E-state index contributed by atoms with van der Waals surface area (Å²) in [5.74, 6) is 1.52. The van der Waals surface area contributed by atoms with E-state index >= 15 is 0 Å². The Kier molecular flexibility index (Phi) is 5.58. The van der Waals surface area contributed by atoms with Crippen LogP contribution in [-0.4, -0.2) is 12.1 Å². The fraction of sp³-hybridized carbons (Fsp3) is 0.812. The van der Waals surface area contributed by atoms with Crippen molar-refractivity contribution >= 4 is 12.1 Å². The molecule has 2 rings (SSSR count). The van der Waals surface area contributed by atoms with Gasteiger partial charge in [0, 0.05) is 18.1 Å². The van der Waals surface area contributed by atoms with Gasteiger partial charge in [-0.2, -0.15) is 10.4 Å². The smallest absolute Gasteiger partial charge is 0.243 e. The van der Waals surface area contributed by atoms with Crippen molar-refractivity contribution in [3.05, 3.63) is 0 Å². The standard InChI is InChI=1S/C16H25N3O/c1-12-3-2-4-15(9-12)16(20)19-18-11-14-7-5-13(10-17)6-8-14/h11-15H,2-9H2,1H3,(H,19,20)/b18-11+. The van der Waals surface area contributed by atoms with Crippen LogP contribution < -0.4 is 5.43 Å². The van der Waals surface area contributed by atoms with Gasteiger partial charge in [0.15, 0.2) is 0 Å². The summed E-state index contributed by atoms with van der Waals surface area (Å²) >= 11 is 0. The highest BCUT2D eigenvalue weighted by Gasteiger charge is 2.25. The lowest BCUT2D eigenvalue weighted by molar-refractivity contribution is -0.126. The van der Waals surface area contributed by atoms with Crippen LogP contribution >= 0.6 is 0 Å². The molecular weight excluding hydrogens is 250 g/mol. The molecule has 0 bridgehead atoms. The van der Waals surface area contributed by atoms with Crippen molar-refractivity contribution in [2.75, 3.05) is 0 Å². The topological polar surface area (TPSA) is 65.2 Å². The number of rotatable bonds is 3. The number of amides is 1. The van der Waals surface area contributed by atoms with E-state index in [1.165, 1.54) is 6.42 Å². The molecule has 2 fully saturated rings. The van der Waals surface area contributed by atoms with Crippen molar-refractivity contribution in [2.24, 2.45) is 28.8 Å². The summed E-state index contributed by atoms with van der Waals surface area (Å²) in [6, 6.07) is 2.33. The monoisotopic (exact) mass is 275 g/mol. The molecule has 0 aromatic heterocycles. The summed E-state index contributed by atoms with van der Waals surface area (Å²) in [7, 11) is 0. The number of carbonyl (C=O) groups excluding carboxylic acids is 1. The second-order valence-corrected chi connectivity index (χ2v) is 6.46. The number of nitriles is 1. The number of hydrogen-bond acceptors (Lipinski definition) is 3. The van der Waals surface area contributed by atoms with Crippen LogP contribution in [0, 0.1) is 35.0 Å². The molecule has 110 valence electrons. The molecule has 4 nitrogen and oxygen atoms in total. The van der Waals surface area contributed by atoms with Crippen molar-refractivity contribution in [3.8, 4) is 6.07 Å². The van der Waals surface area contributed by atoms with Gasteiger partial charge in [-0.05, 0) is 50.4 Å². The first kappa shape index (κ1) is 15.0. The zero-order valence-corrected chi connectivity index (χ0v) is 12.3. The van der Waals surface area contributed by atoms with Crippen molar-refractivity contribution in [3.63, 3.8) is 0 Å². The summed E-state index contributed by atoms with van der Waals surface area (Å²) < 4.78 is 0. The van der Waals surface area contributed by atoms with E-state index in [0.717, 1.165) is 44.9 Å². The number of hydrogen-bond donors (Lipinski definition) is 1. The normalized spacial score (nSPS) is 34.6. The first-order chi connectivity index (χ1) is 9.69. The molecule has 0 saturated heterocycles. The molecule has 0 aromatic carbocycles. The molecule has 20 heavy (non-hydrogen) atoms. The van der Waals surface area contributed by atoms with Gasteiger partial charge in [-0.1, -0.05) is 19.8 Å². The van der Waals surface area contributed by atoms with Gasteiger partial charge < -0.3 is 0 Å². The lowest BCUT2D eigenvalue weighted by Crippen LogP contribution is -2.30. The molecule has 2 atom stereocenters. The van der Waals surface area contributed by atoms with Gasteiger partial charge in [0.2, 0.25) is 5.91 Å². The van der Waals surface area contributed by atoms with Gasteiger partial charge in [0.25, 0.3) is 0 Å². The summed E-state index contributed by atoms with van der Waals surface area (Å²) in [4.78, 5) is 12.0. The number of nitrogens with one attached hydrogen (secondary N) is 1. The van der Waals surface area contributed by atoms with Crippen LogP contribution in [0.15, 0.2) is 5.10 Å². The van der Waals surface area contributed by atoms with Crippen LogP contribution in [0.2, 0.25) is 0 Å². The maximum absolute atomic E-state index is 12.0.